The summed E-state index contributed by atoms with van der Waals surface area (Å²) < 4.78 is 1.17. The summed E-state index contributed by atoms with van der Waals surface area (Å²) in [5, 5.41) is 3.27. The molecule has 0 radical (unpaired) electrons. The molecule has 0 bridgehead atoms. The van der Waals surface area contributed by atoms with Crippen LogP contribution in [0.15, 0.2) is 22.7 Å². The predicted octanol–water partition coefficient (Wildman–Crippen LogP) is 3.79. The molecule has 2 rings (SSSR count). The number of anilines is 1. The Morgan fingerprint density at radius 3 is 2.89 bits per heavy atom. The summed E-state index contributed by atoms with van der Waals surface area (Å²) in [5.41, 5.74) is 2.78. The van der Waals surface area contributed by atoms with E-state index in [-0.39, 0.29) is 0 Å². The molecule has 0 amide bonds. The summed E-state index contributed by atoms with van der Waals surface area (Å²) in [6.07, 6.45) is 2.66. The Morgan fingerprint density at radius 1 is 1.39 bits per heavy atom. The van der Waals surface area contributed by atoms with Gasteiger partial charge in [-0.2, -0.15) is 0 Å². The molecule has 1 aliphatic heterocycles. The minimum atomic E-state index is 0.628. The minimum Gasteiger partial charge on any atom is -0.368 e. The zero-order valence-electron chi connectivity index (χ0n) is 11.5. The van der Waals surface area contributed by atoms with Crippen LogP contribution in [0.2, 0.25) is 0 Å². The van der Waals surface area contributed by atoms with Crippen LogP contribution in [0.1, 0.15) is 32.3 Å². The Morgan fingerprint density at radius 2 is 2.17 bits per heavy atom. The molecule has 100 valence electrons. The van der Waals surface area contributed by atoms with Crippen LogP contribution in [-0.2, 0) is 6.54 Å². The van der Waals surface area contributed by atoms with Gasteiger partial charge in [-0.15, -0.1) is 0 Å². The lowest BCUT2D eigenvalue weighted by Crippen LogP contribution is -2.43. The Bertz CT molecular complexity index is 405. The molecule has 0 spiro atoms. The quantitative estimate of drug-likeness (QED) is 0.913. The van der Waals surface area contributed by atoms with Crippen molar-refractivity contribution in [3.05, 3.63) is 28.2 Å². The van der Waals surface area contributed by atoms with Crippen LogP contribution in [0.3, 0.4) is 0 Å². The predicted molar refractivity (Wildman–Crippen MR) is 82.1 cm³/mol. The fourth-order valence-corrected chi connectivity index (χ4v) is 3.17. The molecule has 0 aliphatic carbocycles. The van der Waals surface area contributed by atoms with Crippen molar-refractivity contribution in [3.63, 3.8) is 0 Å². The maximum absolute atomic E-state index is 3.60. The fourth-order valence-electron chi connectivity index (χ4n) is 2.82. The Balaban J connectivity index is 2.32. The lowest BCUT2D eigenvalue weighted by atomic mass is 9.91. The number of piperidine rings is 1. The lowest BCUT2D eigenvalue weighted by Gasteiger charge is -2.40. The zero-order chi connectivity index (χ0) is 13.1. The second kappa shape index (κ2) is 6.07. The third kappa shape index (κ3) is 2.89. The van der Waals surface area contributed by atoms with Crippen molar-refractivity contribution < 1.29 is 0 Å². The van der Waals surface area contributed by atoms with Gasteiger partial charge in [0, 0.05) is 29.3 Å². The van der Waals surface area contributed by atoms with Gasteiger partial charge >= 0.3 is 0 Å². The van der Waals surface area contributed by atoms with Crippen molar-refractivity contribution in [2.24, 2.45) is 5.92 Å². The first-order valence-corrected chi connectivity index (χ1v) is 7.62. The van der Waals surface area contributed by atoms with Gasteiger partial charge in [0.2, 0.25) is 0 Å². The Kier molecular flexibility index (Phi) is 4.68. The molecule has 1 heterocycles. The van der Waals surface area contributed by atoms with Gasteiger partial charge in [0.25, 0.3) is 0 Å². The summed E-state index contributed by atoms with van der Waals surface area (Å²) in [7, 11) is 2.01. The van der Waals surface area contributed by atoms with E-state index in [1.54, 1.807) is 0 Å². The number of nitrogens with one attached hydrogen (secondary N) is 1. The maximum atomic E-state index is 3.60. The molecule has 1 aliphatic rings. The highest BCUT2D eigenvalue weighted by molar-refractivity contribution is 9.10. The van der Waals surface area contributed by atoms with E-state index in [9.17, 15) is 0 Å². The van der Waals surface area contributed by atoms with Crippen LogP contribution in [0.4, 0.5) is 5.69 Å². The Hall–Kier alpha value is -0.540. The van der Waals surface area contributed by atoms with Crippen LogP contribution in [0, 0.1) is 5.92 Å². The summed E-state index contributed by atoms with van der Waals surface area (Å²) in [4.78, 5) is 2.58. The first-order chi connectivity index (χ1) is 8.63. The fraction of sp³-hybridized carbons (Fsp3) is 0.600. The van der Waals surface area contributed by atoms with E-state index in [2.05, 4.69) is 58.2 Å². The van der Waals surface area contributed by atoms with Gasteiger partial charge < -0.3 is 10.2 Å². The van der Waals surface area contributed by atoms with Crippen LogP contribution in [0.25, 0.3) is 0 Å². The molecule has 0 saturated carbocycles. The smallest absolute Gasteiger partial charge is 0.0425 e. The summed E-state index contributed by atoms with van der Waals surface area (Å²) in [6, 6.07) is 7.25. The molecular weight excluding hydrogens is 288 g/mol. The van der Waals surface area contributed by atoms with Gasteiger partial charge in [0.15, 0.2) is 0 Å². The third-order valence-corrected chi connectivity index (χ3v) is 4.59. The second-order valence-electron chi connectivity index (χ2n) is 5.36. The summed E-state index contributed by atoms with van der Waals surface area (Å²) in [5.74, 6) is 0.778. The maximum Gasteiger partial charge on any atom is 0.0425 e. The van der Waals surface area contributed by atoms with E-state index in [0.717, 1.165) is 12.5 Å². The largest absolute Gasteiger partial charge is 0.368 e. The van der Waals surface area contributed by atoms with Crippen LogP contribution < -0.4 is 10.2 Å². The lowest BCUT2D eigenvalue weighted by molar-refractivity contribution is 0.363. The van der Waals surface area contributed by atoms with Crippen molar-refractivity contribution in [2.45, 2.75) is 39.3 Å². The molecular formula is C15H23BrN2. The van der Waals surface area contributed by atoms with Crippen LogP contribution in [-0.4, -0.2) is 19.6 Å². The summed E-state index contributed by atoms with van der Waals surface area (Å²) in [6.45, 7) is 6.83. The zero-order valence-corrected chi connectivity index (χ0v) is 13.1. The highest BCUT2D eigenvalue weighted by Gasteiger charge is 2.26. The normalized spacial score (nSPS) is 24.3. The number of nitrogens with zero attached hydrogens (tertiary/aromatic N) is 1. The van der Waals surface area contributed by atoms with Gasteiger partial charge in [-0.1, -0.05) is 28.9 Å². The molecule has 1 saturated heterocycles. The second-order valence-corrected chi connectivity index (χ2v) is 6.27. The van der Waals surface area contributed by atoms with E-state index in [1.165, 1.54) is 35.1 Å². The van der Waals surface area contributed by atoms with Gasteiger partial charge in [0.1, 0.15) is 0 Å². The first kappa shape index (κ1) is 13.9. The molecule has 2 atom stereocenters. The van der Waals surface area contributed by atoms with Crippen molar-refractivity contribution in [1.29, 1.82) is 0 Å². The SMILES string of the molecule is CNCc1ccc(Br)cc1N1CCCC(C)C1C. The molecule has 18 heavy (non-hydrogen) atoms. The topological polar surface area (TPSA) is 15.3 Å². The molecule has 1 aromatic carbocycles. The van der Waals surface area contributed by atoms with E-state index >= 15 is 0 Å². The van der Waals surface area contributed by atoms with Gasteiger partial charge in [-0.05, 0) is 50.4 Å². The monoisotopic (exact) mass is 310 g/mol. The molecule has 0 aromatic heterocycles. The van der Waals surface area contributed by atoms with Gasteiger partial charge in [-0.25, -0.2) is 0 Å². The standard InChI is InChI=1S/C15H23BrN2/c1-11-5-4-8-18(12(11)2)15-9-14(16)7-6-13(15)10-17-3/h6-7,9,11-12,17H,4-5,8,10H2,1-3H3. The third-order valence-electron chi connectivity index (χ3n) is 4.10. The summed E-state index contributed by atoms with van der Waals surface area (Å²) >= 11 is 3.60. The van der Waals surface area contributed by atoms with Crippen molar-refractivity contribution in [2.75, 3.05) is 18.5 Å². The van der Waals surface area contributed by atoms with Crippen LogP contribution >= 0.6 is 15.9 Å². The van der Waals surface area contributed by atoms with E-state index in [1.807, 2.05) is 7.05 Å². The van der Waals surface area contributed by atoms with Crippen molar-refractivity contribution in [1.82, 2.24) is 5.32 Å². The van der Waals surface area contributed by atoms with Gasteiger partial charge in [0.05, 0.1) is 0 Å². The molecule has 1 fully saturated rings. The van der Waals surface area contributed by atoms with E-state index in [4.69, 9.17) is 0 Å². The van der Waals surface area contributed by atoms with Crippen LogP contribution in [0.5, 0.6) is 0 Å². The molecule has 2 unspecified atom stereocenters. The minimum absolute atomic E-state index is 0.628. The molecule has 1 aromatic rings. The highest BCUT2D eigenvalue weighted by atomic mass is 79.9. The number of rotatable bonds is 3. The Labute approximate surface area is 119 Å². The first-order valence-electron chi connectivity index (χ1n) is 6.83. The average Bonchev–Trinajstić information content (AvgIpc) is 2.35. The average molecular weight is 311 g/mol. The van der Waals surface area contributed by atoms with Crippen molar-refractivity contribution >= 4 is 21.6 Å². The molecule has 2 nitrogen and oxygen atoms in total. The molecule has 1 N–H and O–H groups in total. The van der Waals surface area contributed by atoms with Gasteiger partial charge in [-0.3, -0.25) is 0 Å². The number of hydrogen-bond donors (Lipinski definition) is 1. The number of hydrogen-bond acceptors (Lipinski definition) is 2. The number of halogens is 1. The van der Waals surface area contributed by atoms with Crippen molar-refractivity contribution in [3.8, 4) is 0 Å². The molecule has 3 heteroatoms. The van der Waals surface area contributed by atoms with E-state index in [0.29, 0.717) is 6.04 Å². The highest BCUT2D eigenvalue weighted by Crippen LogP contribution is 2.32. The number of benzene rings is 1. The van der Waals surface area contributed by atoms with E-state index < -0.39 is 0 Å².